The minimum atomic E-state index is -0.496. The van der Waals surface area contributed by atoms with E-state index in [1.54, 1.807) is 0 Å². The zero-order valence-corrected chi connectivity index (χ0v) is 9.99. The molecule has 0 bridgehead atoms. The molecule has 1 heterocycles. The fourth-order valence-corrected chi connectivity index (χ4v) is 2.15. The molecule has 2 rings (SSSR count). The quantitative estimate of drug-likeness (QED) is 0.637. The molecule has 1 fully saturated rings. The molecule has 18 heavy (non-hydrogen) atoms. The maximum Gasteiger partial charge on any atom is 0.292 e. The summed E-state index contributed by atoms with van der Waals surface area (Å²) in [6, 6.07) is 3.48. The summed E-state index contributed by atoms with van der Waals surface area (Å²) in [5, 5.41) is 17.1. The average Bonchev–Trinajstić information content (AvgIpc) is 2.37. The van der Waals surface area contributed by atoms with Gasteiger partial charge >= 0.3 is 0 Å². The molecule has 0 atom stereocenters. The summed E-state index contributed by atoms with van der Waals surface area (Å²) < 4.78 is 13.1. The molecular formula is C12H16FN3O2. The summed E-state index contributed by atoms with van der Waals surface area (Å²) in [6.07, 6.45) is 2.08. The van der Waals surface area contributed by atoms with Gasteiger partial charge in [-0.2, -0.15) is 0 Å². The van der Waals surface area contributed by atoms with Crippen LogP contribution in [-0.4, -0.2) is 24.6 Å². The Morgan fingerprint density at radius 2 is 2.17 bits per heavy atom. The lowest BCUT2D eigenvalue weighted by Gasteiger charge is -2.23. The van der Waals surface area contributed by atoms with E-state index in [4.69, 9.17) is 0 Å². The van der Waals surface area contributed by atoms with Gasteiger partial charge in [-0.25, -0.2) is 4.39 Å². The lowest BCUT2D eigenvalue weighted by Crippen LogP contribution is -2.31. The first-order chi connectivity index (χ1) is 8.66. The summed E-state index contributed by atoms with van der Waals surface area (Å²) in [6.45, 7) is 2.58. The Kier molecular flexibility index (Phi) is 4.09. The number of rotatable bonds is 4. The van der Waals surface area contributed by atoms with Gasteiger partial charge in [-0.3, -0.25) is 10.1 Å². The Morgan fingerprint density at radius 3 is 2.83 bits per heavy atom. The molecule has 0 amide bonds. The highest BCUT2D eigenvalue weighted by Gasteiger charge is 2.17. The van der Waals surface area contributed by atoms with E-state index in [0.29, 0.717) is 12.5 Å². The van der Waals surface area contributed by atoms with E-state index in [0.717, 1.165) is 32.0 Å². The van der Waals surface area contributed by atoms with Crippen LogP contribution < -0.4 is 10.6 Å². The zero-order chi connectivity index (χ0) is 13.0. The van der Waals surface area contributed by atoms with E-state index in [2.05, 4.69) is 10.6 Å². The SMILES string of the molecule is O=[N+]([O-])c1ccc(F)cc1NCC1CCNCC1. The van der Waals surface area contributed by atoms with Crippen LogP contribution in [0.5, 0.6) is 0 Å². The van der Waals surface area contributed by atoms with Gasteiger partial charge in [0.1, 0.15) is 11.5 Å². The van der Waals surface area contributed by atoms with Crippen LogP contribution in [0.2, 0.25) is 0 Å². The fraction of sp³-hybridized carbons (Fsp3) is 0.500. The van der Waals surface area contributed by atoms with Gasteiger partial charge in [-0.05, 0) is 37.9 Å². The number of benzene rings is 1. The first-order valence-corrected chi connectivity index (χ1v) is 6.05. The van der Waals surface area contributed by atoms with Crippen molar-refractivity contribution in [1.82, 2.24) is 5.32 Å². The fourth-order valence-electron chi connectivity index (χ4n) is 2.15. The largest absolute Gasteiger partial charge is 0.379 e. The molecule has 0 aromatic heterocycles. The third-order valence-corrected chi connectivity index (χ3v) is 3.20. The van der Waals surface area contributed by atoms with E-state index in [-0.39, 0.29) is 11.4 Å². The van der Waals surface area contributed by atoms with Crippen molar-refractivity contribution in [2.45, 2.75) is 12.8 Å². The molecule has 0 aliphatic carbocycles. The third kappa shape index (κ3) is 3.16. The second-order valence-corrected chi connectivity index (χ2v) is 4.49. The Hall–Kier alpha value is -1.69. The van der Waals surface area contributed by atoms with E-state index >= 15 is 0 Å². The van der Waals surface area contributed by atoms with Crippen LogP contribution in [-0.2, 0) is 0 Å². The second kappa shape index (κ2) is 5.77. The van der Waals surface area contributed by atoms with Crippen LogP contribution in [0.1, 0.15) is 12.8 Å². The van der Waals surface area contributed by atoms with Crippen molar-refractivity contribution in [3.05, 3.63) is 34.1 Å². The normalized spacial score (nSPS) is 16.5. The maximum atomic E-state index is 13.1. The predicted molar refractivity (Wildman–Crippen MR) is 67.1 cm³/mol. The van der Waals surface area contributed by atoms with Gasteiger partial charge in [-0.1, -0.05) is 0 Å². The number of piperidine rings is 1. The molecule has 1 saturated heterocycles. The summed E-state index contributed by atoms with van der Waals surface area (Å²) in [5.74, 6) is 0.0162. The van der Waals surface area contributed by atoms with Gasteiger partial charge in [0.2, 0.25) is 0 Å². The van der Waals surface area contributed by atoms with Crippen molar-refractivity contribution in [2.75, 3.05) is 25.0 Å². The highest BCUT2D eigenvalue weighted by Crippen LogP contribution is 2.25. The predicted octanol–water partition coefficient (Wildman–Crippen LogP) is 2.15. The lowest BCUT2D eigenvalue weighted by atomic mass is 9.98. The summed E-state index contributed by atoms with van der Waals surface area (Å²) in [5.41, 5.74) is 0.184. The van der Waals surface area contributed by atoms with Crippen LogP contribution in [0.3, 0.4) is 0 Å². The number of anilines is 1. The van der Waals surface area contributed by atoms with Gasteiger partial charge in [-0.15, -0.1) is 0 Å². The number of nitrogens with zero attached hydrogens (tertiary/aromatic N) is 1. The van der Waals surface area contributed by atoms with Crippen molar-refractivity contribution >= 4 is 11.4 Å². The van der Waals surface area contributed by atoms with Crippen LogP contribution in [0, 0.1) is 21.8 Å². The monoisotopic (exact) mass is 253 g/mol. The molecule has 0 spiro atoms. The van der Waals surface area contributed by atoms with Crippen molar-refractivity contribution in [3.8, 4) is 0 Å². The van der Waals surface area contributed by atoms with E-state index in [9.17, 15) is 14.5 Å². The molecule has 6 heteroatoms. The first-order valence-electron chi connectivity index (χ1n) is 6.05. The van der Waals surface area contributed by atoms with Gasteiger partial charge in [0.25, 0.3) is 5.69 Å². The van der Waals surface area contributed by atoms with Crippen molar-refractivity contribution in [1.29, 1.82) is 0 Å². The number of hydrogen-bond donors (Lipinski definition) is 2. The van der Waals surface area contributed by atoms with Crippen LogP contribution in [0.25, 0.3) is 0 Å². The molecule has 1 aromatic rings. The Labute approximate surface area is 105 Å². The minimum Gasteiger partial charge on any atom is -0.379 e. The zero-order valence-electron chi connectivity index (χ0n) is 9.99. The summed E-state index contributed by atoms with van der Waals surface area (Å²) >= 11 is 0. The number of nitrogens with one attached hydrogen (secondary N) is 2. The Balaban J connectivity index is 2.03. The standard InChI is InChI=1S/C12H16FN3O2/c13-10-1-2-12(16(17)18)11(7-10)15-8-9-3-5-14-6-4-9/h1-2,7,9,14-15H,3-6,8H2. The van der Waals surface area contributed by atoms with Crippen molar-refractivity contribution in [3.63, 3.8) is 0 Å². The second-order valence-electron chi connectivity index (χ2n) is 4.49. The minimum absolute atomic E-state index is 0.0784. The van der Waals surface area contributed by atoms with Crippen molar-refractivity contribution in [2.24, 2.45) is 5.92 Å². The average molecular weight is 253 g/mol. The van der Waals surface area contributed by atoms with Crippen LogP contribution >= 0.6 is 0 Å². The molecule has 98 valence electrons. The molecule has 1 aromatic carbocycles. The number of nitro benzene ring substituents is 1. The lowest BCUT2D eigenvalue weighted by molar-refractivity contribution is -0.384. The van der Waals surface area contributed by atoms with Crippen LogP contribution in [0.4, 0.5) is 15.8 Å². The molecule has 1 aliphatic heterocycles. The Morgan fingerprint density at radius 1 is 1.44 bits per heavy atom. The molecule has 1 aliphatic rings. The third-order valence-electron chi connectivity index (χ3n) is 3.20. The van der Waals surface area contributed by atoms with Gasteiger partial charge < -0.3 is 10.6 Å². The molecule has 0 saturated carbocycles. The summed E-state index contributed by atoms with van der Waals surface area (Å²) in [4.78, 5) is 10.3. The highest BCUT2D eigenvalue weighted by molar-refractivity contribution is 5.61. The molecule has 0 radical (unpaired) electrons. The van der Waals surface area contributed by atoms with E-state index in [1.807, 2.05) is 0 Å². The molecule has 0 unspecified atom stereocenters. The topological polar surface area (TPSA) is 67.2 Å². The maximum absolute atomic E-state index is 13.1. The van der Waals surface area contributed by atoms with Crippen molar-refractivity contribution < 1.29 is 9.31 Å². The van der Waals surface area contributed by atoms with E-state index < -0.39 is 10.7 Å². The Bertz CT molecular complexity index is 433. The molecule has 2 N–H and O–H groups in total. The first kappa shape index (κ1) is 12.8. The highest BCUT2D eigenvalue weighted by atomic mass is 19.1. The smallest absolute Gasteiger partial charge is 0.292 e. The number of hydrogen-bond acceptors (Lipinski definition) is 4. The summed E-state index contributed by atoms with van der Waals surface area (Å²) in [7, 11) is 0. The molecule has 5 nitrogen and oxygen atoms in total. The van der Waals surface area contributed by atoms with E-state index in [1.165, 1.54) is 12.1 Å². The van der Waals surface area contributed by atoms with Gasteiger partial charge in [0.05, 0.1) is 4.92 Å². The van der Waals surface area contributed by atoms with Crippen LogP contribution in [0.15, 0.2) is 18.2 Å². The number of nitro groups is 1. The molecular weight excluding hydrogens is 237 g/mol. The van der Waals surface area contributed by atoms with Gasteiger partial charge in [0.15, 0.2) is 0 Å². The van der Waals surface area contributed by atoms with Gasteiger partial charge in [0, 0.05) is 18.7 Å². The number of halogens is 1.